The maximum absolute atomic E-state index is 3.88. The van der Waals surface area contributed by atoms with Crippen molar-refractivity contribution in [3.05, 3.63) is 12.7 Å². The highest BCUT2D eigenvalue weighted by molar-refractivity contribution is 6.60. The Bertz CT molecular complexity index is 142. The van der Waals surface area contributed by atoms with Crippen LogP contribution in [0.1, 0.15) is 47.0 Å². The van der Waals surface area contributed by atoms with Crippen molar-refractivity contribution in [3.63, 3.8) is 0 Å². The molecule has 0 amide bonds. The Kier molecular flexibility index (Phi) is 8.03. The maximum atomic E-state index is 3.88. The molecule has 1 heteroatoms. The Labute approximate surface area is 91.3 Å². The second kappa shape index (κ2) is 8.14. The fourth-order valence-corrected chi connectivity index (χ4v) is 2.11. The smallest absolute Gasteiger partial charge is 0.104 e. The second-order valence-electron chi connectivity index (χ2n) is 4.67. The zero-order chi connectivity index (χ0) is 11.0. The molecule has 0 radical (unpaired) electrons. The van der Waals surface area contributed by atoms with Gasteiger partial charge in [0.05, 0.1) is 0 Å². The summed E-state index contributed by atoms with van der Waals surface area (Å²) in [5, 5.41) is 0. The minimum atomic E-state index is 0.851. The third-order valence-electron chi connectivity index (χ3n) is 3.68. The van der Waals surface area contributed by atoms with Gasteiger partial charge in [0, 0.05) is 0 Å². The van der Waals surface area contributed by atoms with Crippen molar-refractivity contribution in [2.45, 2.75) is 65.4 Å². The first kappa shape index (κ1) is 13.8. The first-order valence-corrected chi connectivity index (χ1v) is 6.28. The molecule has 0 nitrogen and oxygen atoms in total. The van der Waals surface area contributed by atoms with Crippen molar-refractivity contribution >= 4 is 6.71 Å². The molecule has 0 aliphatic heterocycles. The summed E-state index contributed by atoms with van der Waals surface area (Å²) in [5.41, 5.74) is 0. The lowest BCUT2D eigenvalue weighted by atomic mass is 9.35. The van der Waals surface area contributed by atoms with Gasteiger partial charge in [-0.25, -0.2) is 0 Å². The second-order valence-corrected chi connectivity index (χ2v) is 4.67. The molecule has 0 aromatic heterocycles. The molecule has 0 N–H and O–H groups in total. The highest BCUT2D eigenvalue weighted by Crippen LogP contribution is 2.29. The van der Waals surface area contributed by atoms with E-state index < -0.39 is 0 Å². The number of rotatable bonds is 8. The average Bonchev–Trinajstić information content (AvgIpc) is 2.22. The van der Waals surface area contributed by atoms with Crippen LogP contribution >= 0.6 is 0 Å². The summed E-state index contributed by atoms with van der Waals surface area (Å²) >= 11 is 0. The van der Waals surface area contributed by atoms with Crippen LogP contribution in [0.5, 0.6) is 0 Å². The molecule has 0 rings (SSSR count). The van der Waals surface area contributed by atoms with Crippen LogP contribution in [-0.4, -0.2) is 6.71 Å². The molecule has 0 aliphatic rings. The van der Waals surface area contributed by atoms with E-state index in [1.54, 1.807) is 0 Å². The third kappa shape index (κ3) is 4.88. The zero-order valence-corrected chi connectivity index (χ0v) is 10.6. The predicted octanol–water partition coefficient (Wildman–Crippen LogP) is 4.90. The van der Waals surface area contributed by atoms with Gasteiger partial charge in [-0.3, -0.25) is 0 Å². The van der Waals surface area contributed by atoms with E-state index in [1.807, 2.05) is 0 Å². The summed E-state index contributed by atoms with van der Waals surface area (Å²) in [6.45, 7) is 14.1. The topological polar surface area (TPSA) is 0 Å². The number of hydrogen-bond donors (Lipinski definition) is 0. The van der Waals surface area contributed by atoms with E-state index in [1.165, 1.54) is 31.9 Å². The van der Waals surface area contributed by atoms with Gasteiger partial charge in [0.2, 0.25) is 0 Å². The average molecular weight is 194 g/mol. The molecular formula is C13H27B. The highest BCUT2D eigenvalue weighted by Gasteiger charge is 2.23. The van der Waals surface area contributed by atoms with Crippen LogP contribution in [0.25, 0.3) is 0 Å². The minimum absolute atomic E-state index is 0.851. The molecule has 0 heterocycles. The molecule has 2 atom stereocenters. The molecular weight excluding hydrogens is 167 g/mol. The van der Waals surface area contributed by atoms with E-state index in [0.29, 0.717) is 0 Å². The standard InChI is InChI=1S/C13H27B/c1-6-9-11-14(10-7-2)13(5)12(4)8-3/h7,12-13H,2,6,8-11H2,1,3-5H3. The van der Waals surface area contributed by atoms with Crippen LogP contribution in [0, 0.1) is 5.92 Å². The highest BCUT2D eigenvalue weighted by atomic mass is 14.1. The predicted molar refractivity (Wildman–Crippen MR) is 69.4 cm³/mol. The van der Waals surface area contributed by atoms with Gasteiger partial charge < -0.3 is 0 Å². The lowest BCUT2D eigenvalue weighted by molar-refractivity contribution is 0.532. The van der Waals surface area contributed by atoms with E-state index in [9.17, 15) is 0 Å². The fourth-order valence-electron chi connectivity index (χ4n) is 2.11. The van der Waals surface area contributed by atoms with Gasteiger partial charge in [-0.05, 0) is 5.92 Å². The van der Waals surface area contributed by atoms with Crippen LogP contribution in [0.3, 0.4) is 0 Å². The number of unbranched alkanes of at least 4 members (excludes halogenated alkanes) is 1. The first-order valence-electron chi connectivity index (χ1n) is 6.28. The van der Waals surface area contributed by atoms with E-state index in [-0.39, 0.29) is 0 Å². The molecule has 2 unspecified atom stereocenters. The first-order chi connectivity index (χ1) is 6.67. The van der Waals surface area contributed by atoms with Gasteiger partial charge in [0.15, 0.2) is 0 Å². The lowest BCUT2D eigenvalue weighted by Crippen LogP contribution is -2.22. The van der Waals surface area contributed by atoms with Crippen molar-refractivity contribution in [2.24, 2.45) is 5.92 Å². The minimum Gasteiger partial charge on any atom is -0.104 e. The van der Waals surface area contributed by atoms with Gasteiger partial charge in [0.1, 0.15) is 6.71 Å². The van der Waals surface area contributed by atoms with Crippen LogP contribution < -0.4 is 0 Å². The molecule has 0 saturated heterocycles. The van der Waals surface area contributed by atoms with Gasteiger partial charge in [0.25, 0.3) is 0 Å². The summed E-state index contributed by atoms with van der Waals surface area (Å²) in [7, 11) is 0. The van der Waals surface area contributed by atoms with E-state index >= 15 is 0 Å². The van der Waals surface area contributed by atoms with E-state index in [2.05, 4.69) is 40.3 Å². The van der Waals surface area contributed by atoms with Crippen LogP contribution in [0.4, 0.5) is 0 Å². The molecule has 0 aliphatic carbocycles. The Morgan fingerprint density at radius 2 is 1.93 bits per heavy atom. The summed E-state index contributed by atoms with van der Waals surface area (Å²) in [4.78, 5) is 0. The molecule has 0 aromatic carbocycles. The summed E-state index contributed by atoms with van der Waals surface area (Å²) in [6, 6.07) is 0. The van der Waals surface area contributed by atoms with Crippen molar-refractivity contribution in [2.75, 3.05) is 0 Å². The van der Waals surface area contributed by atoms with Crippen molar-refractivity contribution in [3.8, 4) is 0 Å². The maximum Gasteiger partial charge on any atom is 0.147 e. The summed E-state index contributed by atoms with van der Waals surface area (Å²) < 4.78 is 0. The molecule has 14 heavy (non-hydrogen) atoms. The Morgan fingerprint density at radius 3 is 2.36 bits per heavy atom. The van der Waals surface area contributed by atoms with Gasteiger partial charge in [-0.1, -0.05) is 71.5 Å². The van der Waals surface area contributed by atoms with Crippen LogP contribution in [0.15, 0.2) is 12.7 Å². The summed E-state index contributed by atoms with van der Waals surface area (Å²) in [6.07, 6.45) is 8.68. The van der Waals surface area contributed by atoms with Crippen molar-refractivity contribution in [1.82, 2.24) is 0 Å². The third-order valence-corrected chi connectivity index (χ3v) is 3.68. The molecule has 0 spiro atoms. The SMILES string of the molecule is C=CCB(CCCC)C(C)C(C)CC. The normalized spacial score (nSPS) is 14.9. The molecule has 0 saturated carbocycles. The molecule has 0 bridgehead atoms. The van der Waals surface area contributed by atoms with Gasteiger partial charge in [-0.2, -0.15) is 0 Å². The Hall–Kier alpha value is -0.195. The quantitative estimate of drug-likeness (QED) is 0.380. The molecule has 0 fully saturated rings. The monoisotopic (exact) mass is 194 g/mol. The lowest BCUT2D eigenvalue weighted by Gasteiger charge is -2.25. The van der Waals surface area contributed by atoms with Crippen molar-refractivity contribution < 1.29 is 0 Å². The van der Waals surface area contributed by atoms with E-state index in [0.717, 1.165) is 18.4 Å². The fraction of sp³-hybridized carbons (Fsp3) is 0.846. The van der Waals surface area contributed by atoms with Crippen LogP contribution in [0.2, 0.25) is 18.5 Å². The van der Waals surface area contributed by atoms with Gasteiger partial charge >= 0.3 is 0 Å². The summed E-state index contributed by atoms with van der Waals surface area (Å²) in [5.74, 6) is 1.71. The van der Waals surface area contributed by atoms with Crippen molar-refractivity contribution in [1.29, 1.82) is 0 Å². The molecule has 82 valence electrons. The Balaban J connectivity index is 4.08. The molecule has 0 aromatic rings. The van der Waals surface area contributed by atoms with Gasteiger partial charge in [-0.15, -0.1) is 6.58 Å². The zero-order valence-electron chi connectivity index (χ0n) is 10.6. The van der Waals surface area contributed by atoms with Crippen LogP contribution in [-0.2, 0) is 0 Å². The van der Waals surface area contributed by atoms with E-state index in [4.69, 9.17) is 0 Å². The largest absolute Gasteiger partial charge is 0.147 e. The Morgan fingerprint density at radius 1 is 1.29 bits per heavy atom. The number of allylic oxidation sites excluding steroid dienone is 1. The number of hydrogen-bond acceptors (Lipinski definition) is 0.